The minimum absolute atomic E-state index is 0.0291. The molecule has 0 bridgehead atoms. The van der Waals surface area contributed by atoms with Crippen LogP contribution in [0.1, 0.15) is 106 Å². The molecule has 2 amide bonds. The summed E-state index contributed by atoms with van der Waals surface area (Å²) >= 11 is 0. The quantitative estimate of drug-likeness (QED) is 0.0932. The number of aryl methyl sites for hydroxylation is 1. The fraction of sp³-hybridized carbons (Fsp3) is 0.310. The van der Waals surface area contributed by atoms with Gasteiger partial charge in [-0.1, -0.05) is 36.4 Å². The lowest BCUT2D eigenvalue weighted by atomic mass is 9.77. The highest BCUT2D eigenvalue weighted by Crippen LogP contribution is 2.42. The molecule has 0 spiro atoms. The number of hydrogen-bond acceptors (Lipinski definition) is 6. The second kappa shape index (κ2) is 21.5. The molecule has 0 radical (unpaired) electrons. The van der Waals surface area contributed by atoms with Crippen LogP contribution < -0.4 is 20.1 Å². The first-order valence-electron chi connectivity index (χ1n) is 25.2. The number of H-pyrrole nitrogens is 1. The summed E-state index contributed by atoms with van der Waals surface area (Å²) in [6.45, 7) is 2.66. The summed E-state index contributed by atoms with van der Waals surface area (Å²) in [4.78, 5) is 40.0. The summed E-state index contributed by atoms with van der Waals surface area (Å²) in [6.07, 6.45) is 2.10. The third kappa shape index (κ3) is 11.9. The predicted molar refractivity (Wildman–Crippen MR) is 271 cm³/mol. The summed E-state index contributed by atoms with van der Waals surface area (Å²) in [5.74, 6) is -2.28. The molecule has 10 rings (SSSR count). The molecule has 394 valence electrons. The van der Waals surface area contributed by atoms with E-state index in [2.05, 4.69) is 30.1 Å². The van der Waals surface area contributed by atoms with Crippen LogP contribution in [0.15, 0.2) is 122 Å². The van der Waals surface area contributed by atoms with E-state index in [4.69, 9.17) is 4.98 Å². The van der Waals surface area contributed by atoms with Gasteiger partial charge in [0.1, 0.15) is 23.1 Å². The van der Waals surface area contributed by atoms with Crippen molar-refractivity contribution in [1.82, 2.24) is 30.2 Å². The van der Waals surface area contributed by atoms with Crippen molar-refractivity contribution in [2.24, 2.45) is 11.8 Å². The molecule has 2 saturated carbocycles. The largest absolute Gasteiger partial charge is 0.573 e. The highest BCUT2D eigenvalue weighted by Gasteiger charge is 2.35. The van der Waals surface area contributed by atoms with Crippen molar-refractivity contribution in [3.63, 3.8) is 0 Å². The SMILES string of the molecule is Cc1cc(C2CCC(CNC(=O)c3cn(Cc4cc(C5CCC(CNC(=O)c6c[nH]cc6-c6ccccc6OC(F)(F)F)CC5)c5cc(F)ccc5n4)cc3-c3ccccc3OC(F)(F)F)CC2)c2cc(F)ccc2n1. The first-order chi connectivity index (χ1) is 36.4. The summed E-state index contributed by atoms with van der Waals surface area (Å²) in [6, 6.07) is 24.2. The maximum absolute atomic E-state index is 14.9. The fourth-order valence-electron chi connectivity index (χ4n) is 11.2. The second-order valence-corrected chi connectivity index (χ2v) is 19.9. The summed E-state index contributed by atoms with van der Waals surface area (Å²) < 4.78 is 121. The van der Waals surface area contributed by atoms with Gasteiger partial charge in [-0.15, -0.1) is 26.3 Å². The molecule has 0 unspecified atom stereocenters. The first kappa shape index (κ1) is 51.7. The maximum atomic E-state index is 14.9. The van der Waals surface area contributed by atoms with Crippen molar-refractivity contribution in [3.8, 4) is 33.8 Å². The van der Waals surface area contributed by atoms with E-state index < -0.39 is 41.9 Å². The van der Waals surface area contributed by atoms with Crippen LogP contribution in [0.4, 0.5) is 35.1 Å². The van der Waals surface area contributed by atoms with Crippen LogP contribution in [0.2, 0.25) is 0 Å². The molecule has 76 heavy (non-hydrogen) atoms. The third-order valence-electron chi connectivity index (χ3n) is 14.7. The van der Waals surface area contributed by atoms with Crippen LogP contribution in [0.5, 0.6) is 11.5 Å². The highest BCUT2D eigenvalue weighted by molar-refractivity contribution is 6.02. The number of ether oxygens (including phenoxy) is 2. The van der Waals surface area contributed by atoms with Gasteiger partial charge in [0.05, 0.1) is 34.4 Å². The zero-order chi connectivity index (χ0) is 53.3. The van der Waals surface area contributed by atoms with Crippen molar-refractivity contribution in [2.45, 2.75) is 89.4 Å². The number of hydrogen-bond donors (Lipinski definition) is 3. The van der Waals surface area contributed by atoms with Crippen LogP contribution in [-0.4, -0.2) is 57.1 Å². The number of carbonyl (C=O) groups is 2. The monoisotopic (exact) mass is 1050 g/mol. The Hall–Kier alpha value is -7.76. The summed E-state index contributed by atoms with van der Waals surface area (Å²) in [5.41, 5.74) is 5.54. The lowest BCUT2D eigenvalue weighted by molar-refractivity contribution is -0.275. The van der Waals surface area contributed by atoms with Crippen molar-refractivity contribution >= 4 is 33.6 Å². The van der Waals surface area contributed by atoms with E-state index in [1.54, 1.807) is 41.2 Å². The Morgan fingerprint density at radius 1 is 0.592 bits per heavy atom. The number of nitrogens with one attached hydrogen (secondary N) is 3. The number of amides is 2. The molecule has 0 atom stereocenters. The number of rotatable bonds is 14. The molecule has 2 fully saturated rings. The van der Waals surface area contributed by atoms with Gasteiger partial charge >= 0.3 is 12.7 Å². The number of alkyl halides is 6. The van der Waals surface area contributed by atoms with E-state index in [9.17, 15) is 44.7 Å². The van der Waals surface area contributed by atoms with Gasteiger partial charge in [-0.05, 0) is 154 Å². The number of aromatic amines is 1. The first-order valence-corrected chi connectivity index (χ1v) is 25.2. The fourth-order valence-corrected chi connectivity index (χ4v) is 11.2. The predicted octanol–water partition coefficient (Wildman–Crippen LogP) is 14.1. The molecule has 3 N–H and O–H groups in total. The average Bonchev–Trinajstić information content (AvgIpc) is 4.06. The average molecular weight is 1050 g/mol. The third-order valence-corrected chi connectivity index (χ3v) is 14.7. The van der Waals surface area contributed by atoms with E-state index in [1.807, 2.05) is 19.1 Å². The number of aromatic nitrogens is 4. The van der Waals surface area contributed by atoms with Gasteiger partial charge in [0.2, 0.25) is 0 Å². The molecule has 4 heterocycles. The number of carbonyl (C=O) groups excluding carboxylic acids is 2. The van der Waals surface area contributed by atoms with E-state index in [-0.39, 0.29) is 69.4 Å². The number of halogens is 8. The zero-order valence-corrected chi connectivity index (χ0v) is 41.1. The number of fused-ring (bicyclic) bond motifs is 2. The highest BCUT2D eigenvalue weighted by atomic mass is 19.4. The van der Waals surface area contributed by atoms with Crippen molar-refractivity contribution in [1.29, 1.82) is 0 Å². The van der Waals surface area contributed by atoms with Crippen molar-refractivity contribution in [2.75, 3.05) is 13.1 Å². The van der Waals surface area contributed by atoms with Crippen LogP contribution in [0.25, 0.3) is 44.1 Å². The topological polar surface area (TPSA) is 123 Å². The molecule has 2 aliphatic carbocycles. The maximum Gasteiger partial charge on any atom is 0.573 e. The molecule has 4 aromatic carbocycles. The van der Waals surface area contributed by atoms with Gasteiger partial charge < -0.3 is 29.7 Å². The summed E-state index contributed by atoms with van der Waals surface area (Å²) in [7, 11) is 0. The molecule has 18 heteroatoms. The molecular formula is C58H52F8N6O4. The van der Waals surface area contributed by atoms with E-state index >= 15 is 0 Å². The van der Waals surface area contributed by atoms with E-state index in [0.29, 0.717) is 55.4 Å². The minimum Gasteiger partial charge on any atom is -0.405 e. The Labute approximate surface area is 431 Å². The normalized spacial score (nSPS) is 18.2. The molecule has 8 aromatic rings. The molecule has 10 nitrogen and oxygen atoms in total. The van der Waals surface area contributed by atoms with Gasteiger partial charge in [-0.2, -0.15) is 0 Å². The van der Waals surface area contributed by atoms with E-state index in [1.165, 1.54) is 73.1 Å². The Balaban J connectivity index is 0.844. The van der Waals surface area contributed by atoms with Crippen LogP contribution in [0.3, 0.4) is 0 Å². The second-order valence-electron chi connectivity index (χ2n) is 19.9. The van der Waals surface area contributed by atoms with Crippen molar-refractivity contribution < 1.29 is 54.2 Å². The minimum atomic E-state index is -5.01. The molecular weight excluding hydrogens is 997 g/mol. The number of nitrogens with zero attached hydrogens (tertiary/aromatic N) is 3. The van der Waals surface area contributed by atoms with Gasteiger partial charge in [0, 0.05) is 76.6 Å². The van der Waals surface area contributed by atoms with E-state index in [0.717, 1.165) is 53.4 Å². The molecule has 0 aliphatic heterocycles. The molecule has 4 aromatic heterocycles. The standard InChI is InChI=1S/C58H52F8N6O4/c1-33-22-43(45-23-38(59)18-20-51(45)70-33)36-14-10-35(11-15-36)27-69-56(74)50-32-72(31-49(50)42-7-3-5-9-54(42)76-58(64,65)66)30-40-25-44(46-24-39(60)19-21-52(46)71-40)37-16-12-34(13-17-37)26-68-55(73)48-29-67-28-47(48)41-6-2-4-8-53(41)75-57(61,62)63/h2-9,18-25,28-29,31-32,34-37,67H,10-17,26-27,30H2,1H3,(H,68,73)(H,69,74). The lowest BCUT2D eigenvalue weighted by Crippen LogP contribution is -2.31. The van der Waals surface area contributed by atoms with Crippen LogP contribution >= 0.6 is 0 Å². The van der Waals surface area contributed by atoms with Crippen molar-refractivity contribution in [3.05, 3.63) is 167 Å². The van der Waals surface area contributed by atoms with Gasteiger partial charge in [-0.25, -0.2) is 8.78 Å². The summed E-state index contributed by atoms with van der Waals surface area (Å²) in [5, 5.41) is 7.44. The Bertz CT molecular complexity index is 3430. The Kier molecular flexibility index (Phi) is 14.6. The van der Waals surface area contributed by atoms with Gasteiger partial charge in [0.15, 0.2) is 0 Å². The Morgan fingerprint density at radius 2 is 1.09 bits per heavy atom. The Morgan fingerprint density at radius 3 is 1.64 bits per heavy atom. The van der Waals surface area contributed by atoms with Crippen LogP contribution in [0, 0.1) is 30.4 Å². The van der Waals surface area contributed by atoms with Crippen LogP contribution in [-0.2, 0) is 6.54 Å². The zero-order valence-electron chi connectivity index (χ0n) is 41.1. The molecule has 2 aliphatic rings. The molecule has 0 saturated heterocycles. The lowest BCUT2D eigenvalue weighted by Gasteiger charge is -2.30. The van der Waals surface area contributed by atoms with Gasteiger partial charge in [-0.3, -0.25) is 19.6 Å². The van der Waals surface area contributed by atoms with Gasteiger partial charge in [0.25, 0.3) is 11.8 Å². The number of benzene rings is 4. The number of para-hydroxylation sites is 2. The number of pyridine rings is 2. The smallest absolute Gasteiger partial charge is 0.405 e.